The number of hydrogen-bond acceptors (Lipinski definition) is 1. The summed E-state index contributed by atoms with van der Waals surface area (Å²) in [5, 5.41) is 0. The summed E-state index contributed by atoms with van der Waals surface area (Å²) in [5.74, 6) is 0. The van der Waals surface area contributed by atoms with Gasteiger partial charge in [0.05, 0.1) is 0 Å². The Morgan fingerprint density at radius 3 is 2.21 bits per heavy atom. The average Bonchev–Trinajstić information content (AvgIpc) is 2.39. The van der Waals surface area contributed by atoms with E-state index in [0.717, 1.165) is 0 Å². The Kier molecular flexibility index (Phi) is 4.21. The zero-order chi connectivity index (χ0) is 14.1. The second-order valence-corrected chi connectivity index (χ2v) is 7.39. The first-order valence-corrected chi connectivity index (χ1v) is 7.81. The summed E-state index contributed by atoms with van der Waals surface area (Å²) in [6.45, 7) is 6.73. The van der Waals surface area contributed by atoms with Crippen LogP contribution in [0.25, 0.3) is 0 Å². The molecular weight excluding hydrogens is 347 g/mol. The minimum atomic E-state index is -0.425. The highest BCUT2D eigenvalue weighted by Crippen LogP contribution is 2.38. The highest BCUT2D eigenvalue weighted by atomic mass is 127. The van der Waals surface area contributed by atoms with Gasteiger partial charge in [-0.1, -0.05) is 79.8 Å². The molecule has 0 saturated carbocycles. The van der Waals surface area contributed by atoms with E-state index in [1.54, 1.807) is 7.11 Å². The summed E-state index contributed by atoms with van der Waals surface area (Å²) in [6.07, 6.45) is 8.75. The van der Waals surface area contributed by atoms with E-state index in [9.17, 15) is 0 Å². The Bertz CT molecular complexity index is 494. The molecule has 0 aromatic heterocycles. The predicted octanol–water partition coefficient (Wildman–Crippen LogP) is 4.76. The summed E-state index contributed by atoms with van der Waals surface area (Å²) in [5.41, 5.74) is 2.25. The van der Waals surface area contributed by atoms with Gasteiger partial charge in [-0.3, -0.25) is 0 Å². The molecule has 0 unspecified atom stereocenters. The molecule has 0 aliphatic heterocycles. The number of alkyl halides is 1. The van der Waals surface area contributed by atoms with Crippen LogP contribution in [0.2, 0.25) is 0 Å². The van der Waals surface area contributed by atoms with Crippen molar-refractivity contribution in [3.05, 3.63) is 59.7 Å². The van der Waals surface area contributed by atoms with E-state index in [1.165, 1.54) is 11.1 Å². The zero-order valence-electron chi connectivity index (χ0n) is 12.0. The molecule has 0 N–H and O–H groups in total. The third kappa shape index (κ3) is 2.95. The second kappa shape index (κ2) is 5.41. The van der Waals surface area contributed by atoms with Crippen molar-refractivity contribution in [2.45, 2.75) is 35.7 Å². The van der Waals surface area contributed by atoms with Crippen LogP contribution in [-0.4, -0.2) is 11.0 Å². The number of halogens is 1. The fraction of sp³-hybridized carbons (Fsp3) is 0.412. The molecule has 2 heteroatoms. The molecule has 0 fully saturated rings. The maximum Gasteiger partial charge on any atom is 0.129 e. The lowest BCUT2D eigenvalue weighted by molar-refractivity contribution is 0.0697. The lowest BCUT2D eigenvalue weighted by atomic mass is 9.77. The average molecular weight is 368 g/mol. The van der Waals surface area contributed by atoms with E-state index in [4.69, 9.17) is 4.74 Å². The third-order valence-electron chi connectivity index (χ3n) is 3.55. The monoisotopic (exact) mass is 368 g/mol. The fourth-order valence-electron chi connectivity index (χ4n) is 2.49. The largest absolute Gasteiger partial charge is 0.365 e. The minimum absolute atomic E-state index is 0.102. The van der Waals surface area contributed by atoms with Crippen molar-refractivity contribution in [3.63, 3.8) is 0 Å². The smallest absolute Gasteiger partial charge is 0.129 e. The van der Waals surface area contributed by atoms with E-state index in [0.29, 0.717) is 3.92 Å². The van der Waals surface area contributed by atoms with Crippen LogP contribution in [0, 0.1) is 0 Å². The predicted molar refractivity (Wildman–Crippen MR) is 89.9 cm³/mol. The van der Waals surface area contributed by atoms with E-state index in [-0.39, 0.29) is 5.41 Å². The van der Waals surface area contributed by atoms with Crippen LogP contribution in [0.3, 0.4) is 0 Å². The summed E-state index contributed by atoms with van der Waals surface area (Å²) in [7, 11) is 1.78. The van der Waals surface area contributed by atoms with Gasteiger partial charge >= 0.3 is 0 Å². The van der Waals surface area contributed by atoms with E-state index in [1.807, 2.05) is 0 Å². The summed E-state index contributed by atoms with van der Waals surface area (Å²) < 4.78 is 6.32. The standard InChI is InChI=1S/C17H21IO/c1-16(2,3)14-7-5-6-8-15(14)17(19-4)11-9-13(18)10-12-17/h5-13H,1-4H3. The van der Waals surface area contributed by atoms with Crippen LogP contribution in [0.5, 0.6) is 0 Å². The third-order valence-corrected chi connectivity index (χ3v) is 4.38. The Labute approximate surface area is 129 Å². The van der Waals surface area contributed by atoms with Gasteiger partial charge in [0.1, 0.15) is 5.60 Å². The minimum Gasteiger partial charge on any atom is -0.365 e. The number of hydrogen-bond donors (Lipinski definition) is 0. The number of methoxy groups -OCH3 is 1. The lowest BCUT2D eigenvalue weighted by Gasteiger charge is -2.34. The van der Waals surface area contributed by atoms with E-state index in [2.05, 4.69) is 91.9 Å². The SMILES string of the molecule is COC1(c2ccccc2C(C)(C)C)C=CC(I)C=C1. The first-order valence-electron chi connectivity index (χ1n) is 6.57. The molecule has 0 atom stereocenters. The van der Waals surface area contributed by atoms with Gasteiger partial charge in [-0.15, -0.1) is 0 Å². The van der Waals surface area contributed by atoms with Crippen molar-refractivity contribution in [1.82, 2.24) is 0 Å². The fourth-order valence-corrected chi connectivity index (χ4v) is 2.91. The van der Waals surface area contributed by atoms with Crippen molar-refractivity contribution < 1.29 is 4.74 Å². The number of benzene rings is 1. The van der Waals surface area contributed by atoms with Crippen LogP contribution in [0.15, 0.2) is 48.6 Å². The molecule has 1 aliphatic carbocycles. The molecule has 0 bridgehead atoms. The molecular formula is C17H21IO. The molecule has 1 aromatic carbocycles. The maximum absolute atomic E-state index is 5.87. The van der Waals surface area contributed by atoms with Crippen LogP contribution in [0.1, 0.15) is 31.9 Å². The molecule has 1 nitrogen and oxygen atoms in total. The molecule has 0 amide bonds. The van der Waals surface area contributed by atoms with Crippen molar-refractivity contribution in [2.75, 3.05) is 7.11 Å². The Morgan fingerprint density at radius 1 is 1.11 bits per heavy atom. The maximum atomic E-state index is 5.87. The first kappa shape index (κ1) is 14.8. The van der Waals surface area contributed by atoms with Crippen LogP contribution >= 0.6 is 22.6 Å². The van der Waals surface area contributed by atoms with Crippen LogP contribution in [-0.2, 0) is 15.8 Å². The molecule has 0 radical (unpaired) electrons. The van der Waals surface area contributed by atoms with Crippen LogP contribution < -0.4 is 0 Å². The van der Waals surface area contributed by atoms with Crippen molar-refractivity contribution in [2.24, 2.45) is 0 Å². The van der Waals surface area contributed by atoms with Crippen molar-refractivity contribution in [3.8, 4) is 0 Å². The summed E-state index contributed by atoms with van der Waals surface area (Å²) in [6, 6.07) is 8.56. The van der Waals surface area contributed by atoms with Gasteiger partial charge in [0.2, 0.25) is 0 Å². The van der Waals surface area contributed by atoms with Gasteiger partial charge in [0.15, 0.2) is 0 Å². The number of rotatable bonds is 2. The molecule has 0 spiro atoms. The summed E-state index contributed by atoms with van der Waals surface area (Å²) >= 11 is 2.40. The molecule has 2 rings (SSSR count). The molecule has 0 heterocycles. The Morgan fingerprint density at radius 2 is 1.68 bits per heavy atom. The Hall–Kier alpha value is -0.610. The van der Waals surface area contributed by atoms with Gasteiger partial charge in [0, 0.05) is 11.0 Å². The van der Waals surface area contributed by atoms with E-state index >= 15 is 0 Å². The highest BCUT2D eigenvalue weighted by Gasteiger charge is 2.33. The highest BCUT2D eigenvalue weighted by molar-refractivity contribution is 14.1. The molecule has 0 saturated heterocycles. The van der Waals surface area contributed by atoms with E-state index < -0.39 is 5.60 Å². The van der Waals surface area contributed by atoms with Gasteiger partial charge < -0.3 is 4.74 Å². The molecule has 1 aromatic rings. The normalized spacial score (nSPS) is 26.7. The quantitative estimate of drug-likeness (QED) is 0.416. The van der Waals surface area contributed by atoms with Crippen molar-refractivity contribution >= 4 is 22.6 Å². The van der Waals surface area contributed by atoms with Gasteiger partial charge in [-0.05, 0) is 28.7 Å². The second-order valence-electron chi connectivity index (χ2n) is 5.96. The lowest BCUT2D eigenvalue weighted by Crippen LogP contribution is -2.30. The number of ether oxygens (including phenoxy) is 1. The number of allylic oxidation sites excluding steroid dienone is 2. The van der Waals surface area contributed by atoms with Gasteiger partial charge in [-0.2, -0.15) is 0 Å². The Balaban J connectivity index is 2.58. The molecule has 1 aliphatic rings. The zero-order valence-corrected chi connectivity index (χ0v) is 14.1. The molecule has 19 heavy (non-hydrogen) atoms. The van der Waals surface area contributed by atoms with Gasteiger partial charge in [0.25, 0.3) is 0 Å². The van der Waals surface area contributed by atoms with Crippen LogP contribution in [0.4, 0.5) is 0 Å². The van der Waals surface area contributed by atoms with Crippen molar-refractivity contribution in [1.29, 1.82) is 0 Å². The van der Waals surface area contributed by atoms with Gasteiger partial charge in [-0.25, -0.2) is 0 Å². The summed E-state index contributed by atoms with van der Waals surface area (Å²) in [4.78, 5) is 0. The first-order chi connectivity index (χ1) is 8.89. The molecule has 102 valence electrons. The topological polar surface area (TPSA) is 9.23 Å².